The quantitative estimate of drug-likeness (QED) is 0.441. The monoisotopic (exact) mass is 439 g/mol. The molecule has 0 fully saturated rings. The van der Waals surface area contributed by atoms with E-state index in [-0.39, 0.29) is 23.1 Å². The average Bonchev–Trinajstić information content (AvgIpc) is 3.09. The number of carbonyl (C=O) groups excluding carboxylic acids is 1. The van der Waals surface area contributed by atoms with Gasteiger partial charge in [0.05, 0.1) is 29.8 Å². The van der Waals surface area contributed by atoms with E-state index in [0.717, 1.165) is 18.1 Å². The Hall–Kier alpha value is -2.66. The van der Waals surface area contributed by atoms with Crippen LogP contribution in [-0.2, 0) is 31.1 Å². The molecule has 1 unspecified atom stereocenters. The fraction of sp³-hybridized carbons (Fsp3) is 0.333. The van der Waals surface area contributed by atoms with Crippen LogP contribution in [0, 0.1) is 0 Å². The molecule has 156 valence electrons. The van der Waals surface area contributed by atoms with Crippen molar-refractivity contribution in [1.29, 1.82) is 0 Å². The van der Waals surface area contributed by atoms with Crippen molar-refractivity contribution >= 4 is 37.5 Å². The zero-order valence-corrected chi connectivity index (χ0v) is 17.3. The smallest absolute Gasteiger partial charge is 0.279 e. The summed E-state index contributed by atoms with van der Waals surface area (Å²) in [7, 11) is -7.03. The highest BCUT2D eigenvalue weighted by atomic mass is 32.2. The van der Waals surface area contributed by atoms with Gasteiger partial charge in [-0.15, -0.1) is 0 Å². The van der Waals surface area contributed by atoms with Gasteiger partial charge in [-0.3, -0.25) is 4.72 Å². The van der Waals surface area contributed by atoms with E-state index in [4.69, 9.17) is 4.74 Å². The predicted molar refractivity (Wildman–Crippen MR) is 108 cm³/mol. The molecule has 1 aromatic heterocycles. The highest BCUT2D eigenvalue weighted by Gasteiger charge is 2.26. The number of fused-ring (bicyclic) bond motifs is 1. The molecule has 0 saturated carbocycles. The van der Waals surface area contributed by atoms with Crippen molar-refractivity contribution in [3.8, 4) is 5.75 Å². The minimum Gasteiger partial charge on any atom is -0.493 e. The number of sulfone groups is 1. The summed E-state index contributed by atoms with van der Waals surface area (Å²) in [5.74, 6) is 0.371. The zero-order valence-electron chi connectivity index (χ0n) is 15.7. The fourth-order valence-electron chi connectivity index (χ4n) is 2.94. The second-order valence-electron chi connectivity index (χ2n) is 6.70. The van der Waals surface area contributed by atoms with Crippen molar-refractivity contribution in [1.82, 2.24) is 4.98 Å². The van der Waals surface area contributed by atoms with E-state index < -0.39 is 25.9 Å². The minimum absolute atomic E-state index is 0.00806. The van der Waals surface area contributed by atoms with Gasteiger partial charge >= 0.3 is 0 Å². The summed E-state index contributed by atoms with van der Waals surface area (Å²) in [4.78, 5) is 15.0. The maximum absolute atomic E-state index is 12.7. The molecule has 0 spiro atoms. The Morgan fingerprint density at radius 1 is 1.28 bits per heavy atom. The van der Waals surface area contributed by atoms with E-state index in [0.29, 0.717) is 24.3 Å². The molecule has 11 heteroatoms. The SMILES string of the molecule is CS(=O)(=O)CCCOc1cc2c(c(NS(=O)(=O)c3ccccn3)c1)NC(C=O)C2. The number of hydrogen-bond donors (Lipinski definition) is 2. The van der Waals surface area contributed by atoms with Crippen LogP contribution in [0.5, 0.6) is 5.75 Å². The van der Waals surface area contributed by atoms with E-state index in [1.807, 2.05) is 0 Å². The first-order valence-corrected chi connectivity index (χ1v) is 12.4. The summed E-state index contributed by atoms with van der Waals surface area (Å²) in [6.45, 7) is 0.156. The molecule has 3 rings (SSSR count). The molecule has 9 nitrogen and oxygen atoms in total. The standard InChI is InChI=1S/C18H21N3O6S2/c1-28(23,24)8-4-7-27-15-10-13-9-14(12-22)20-18(13)16(11-15)21-29(25,26)17-5-2-3-6-19-17/h2-3,5-6,10-12,14,20-21H,4,7-9H2,1H3. The van der Waals surface area contributed by atoms with E-state index in [1.54, 1.807) is 18.2 Å². The molecule has 2 N–H and O–H groups in total. The van der Waals surface area contributed by atoms with Crippen LogP contribution in [0.2, 0.25) is 0 Å². The van der Waals surface area contributed by atoms with Gasteiger partial charge in [0.25, 0.3) is 10.0 Å². The lowest BCUT2D eigenvalue weighted by atomic mass is 10.1. The highest BCUT2D eigenvalue weighted by Crippen LogP contribution is 2.38. The Kier molecular flexibility index (Phi) is 6.08. The van der Waals surface area contributed by atoms with Gasteiger partial charge in [0, 0.05) is 24.9 Å². The number of nitrogens with one attached hydrogen (secondary N) is 2. The molecular weight excluding hydrogens is 418 g/mol. The Bertz CT molecular complexity index is 1100. The van der Waals surface area contributed by atoms with E-state index >= 15 is 0 Å². The second-order valence-corrected chi connectivity index (χ2v) is 10.6. The first-order valence-electron chi connectivity index (χ1n) is 8.81. The van der Waals surface area contributed by atoms with Gasteiger partial charge in [0.1, 0.15) is 21.9 Å². The number of carbonyl (C=O) groups is 1. The molecule has 1 aliphatic rings. The van der Waals surface area contributed by atoms with Crippen LogP contribution in [0.1, 0.15) is 12.0 Å². The average molecular weight is 440 g/mol. The van der Waals surface area contributed by atoms with Gasteiger partial charge in [-0.25, -0.2) is 13.4 Å². The molecule has 0 radical (unpaired) electrons. The topological polar surface area (TPSA) is 132 Å². The summed E-state index contributed by atoms with van der Waals surface area (Å²) in [6.07, 6.45) is 3.97. The van der Waals surface area contributed by atoms with E-state index in [1.165, 1.54) is 18.3 Å². The second kappa shape index (κ2) is 8.37. The number of pyridine rings is 1. The third-order valence-corrected chi connectivity index (χ3v) is 6.52. The Morgan fingerprint density at radius 3 is 2.72 bits per heavy atom. The Balaban J connectivity index is 1.85. The van der Waals surface area contributed by atoms with Crippen LogP contribution in [0.4, 0.5) is 11.4 Å². The first-order chi connectivity index (χ1) is 13.7. The highest BCUT2D eigenvalue weighted by molar-refractivity contribution is 7.92. The van der Waals surface area contributed by atoms with Crippen LogP contribution in [0.25, 0.3) is 0 Å². The number of ether oxygens (including phenoxy) is 1. The third kappa shape index (κ3) is 5.45. The van der Waals surface area contributed by atoms with E-state index in [2.05, 4.69) is 15.0 Å². The van der Waals surface area contributed by atoms with Crippen LogP contribution >= 0.6 is 0 Å². The zero-order chi connectivity index (χ0) is 21.1. The maximum atomic E-state index is 12.7. The molecule has 1 atom stereocenters. The predicted octanol–water partition coefficient (Wildman–Crippen LogP) is 1.23. The molecular formula is C18H21N3O6S2. The molecule has 0 bridgehead atoms. The number of sulfonamides is 1. The van der Waals surface area contributed by atoms with Gasteiger partial charge in [-0.2, -0.15) is 8.42 Å². The molecule has 0 aliphatic carbocycles. The minimum atomic E-state index is -3.94. The number of hydrogen-bond acceptors (Lipinski definition) is 8. The van der Waals surface area contributed by atoms with Crippen molar-refractivity contribution in [2.45, 2.75) is 23.9 Å². The number of nitrogens with zero attached hydrogens (tertiary/aromatic N) is 1. The maximum Gasteiger partial charge on any atom is 0.279 e. The van der Waals surface area contributed by atoms with Gasteiger partial charge in [0.15, 0.2) is 5.03 Å². The number of rotatable bonds is 9. The normalized spacial score (nSPS) is 16.0. The van der Waals surface area contributed by atoms with Gasteiger partial charge < -0.3 is 14.8 Å². The first kappa shape index (κ1) is 21.1. The lowest BCUT2D eigenvalue weighted by Gasteiger charge is -2.15. The fourth-order valence-corrected chi connectivity index (χ4v) is 4.59. The van der Waals surface area contributed by atoms with Crippen LogP contribution in [-0.4, -0.2) is 52.8 Å². The molecule has 0 saturated heterocycles. The molecule has 2 heterocycles. The van der Waals surface area contributed by atoms with Crippen molar-refractivity contribution in [2.24, 2.45) is 0 Å². The summed E-state index contributed by atoms with van der Waals surface area (Å²) < 4.78 is 55.9. The number of anilines is 2. The number of aldehydes is 1. The Morgan fingerprint density at radius 2 is 2.07 bits per heavy atom. The molecule has 1 aliphatic heterocycles. The third-order valence-electron chi connectivity index (χ3n) is 4.21. The summed E-state index contributed by atoms with van der Waals surface area (Å²) in [5, 5.41) is 2.85. The van der Waals surface area contributed by atoms with E-state index in [9.17, 15) is 21.6 Å². The van der Waals surface area contributed by atoms with Crippen molar-refractivity contribution < 1.29 is 26.4 Å². The molecule has 0 amide bonds. The van der Waals surface area contributed by atoms with Crippen molar-refractivity contribution in [3.63, 3.8) is 0 Å². The van der Waals surface area contributed by atoms with Crippen LogP contribution in [0.15, 0.2) is 41.6 Å². The Labute approximate surface area is 169 Å². The lowest BCUT2D eigenvalue weighted by molar-refractivity contribution is -0.108. The largest absolute Gasteiger partial charge is 0.493 e. The van der Waals surface area contributed by atoms with Crippen molar-refractivity contribution in [3.05, 3.63) is 42.1 Å². The lowest BCUT2D eigenvalue weighted by Crippen LogP contribution is -2.18. The summed E-state index contributed by atoms with van der Waals surface area (Å²) in [5.41, 5.74) is 1.46. The van der Waals surface area contributed by atoms with Gasteiger partial charge in [-0.05, 0) is 30.2 Å². The molecule has 2 aromatic rings. The van der Waals surface area contributed by atoms with Gasteiger partial charge in [0.2, 0.25) is 0 Å². The van der Waals surface area contributed by atoms with Crippen LogP contribution < -0.4 is 14.8 Å². The number of benzene rings is 1. The van der Waals surface area contributed by atoms with Crippen LogP contribution in [0.3, 0.4) is 0 Å². The summed E-state index contributed by atoms with van der Waals surface area (Å²) >= 11 is 0. The molecule has 29 heavy (non-hydrogen) atoms. The van der Waals surface area contributed by atoms with Gasteiger partial charge in [-0.1, -0.05) is 6.07 Å². The number of aromatic nitrogens is 1. The molecule has 1 aromatic carbocycles. The van der Waals surface area contributed by atoms with Crippen molar-refractivity contribution in [2.75, 3.05) is 28.7 Å². The summed E-state index contributed by atoms with van der Waals surface area (Å²) in [6, 6.07) is 7.29.